The first-order chi connectivity index (χ1) is 11.5. The number of aromatic nitrogens is 1. The largest absolute Gasteiger partial charge is 0.325 e. The number of halogens is 1. The summed E-state index contributed by atoms with van der Waals surface area (Å²) >= 11 is 7.52. The highest BCUT2D eigenvalue weighted by atomic mass is 35.5. The molecule has 126 valence electrons. The van der Waals surface area contributed by atoms with E-state index in [1.54, 1.807) is 31.3 Å². The number of benzene rings is 1. The van der Waals surface area contributed by atoms with Crippen LogP contribution in [0.1, 0.15) is 20.3 Å². The predicted octanol–water partition coefficient (Wildman–Crippen LogP) is 4.20. The zero-order valence-corrected chi connectivity index (χ0v) is 14.9. The van der Waals surface area contributed by atoms with E-state index in [4.69, 9.17) is 11.6 Å². The molecule has 0 saturated carbocycles. The monoisotopic (exact) mass is 363 g/mol. The minimum atomic E-state index is -0.307. The number of amides is 2. The summed E-state index contributed by atoms with van der Waals surface area (Å²) in [4.78, 5) is 27.9. The van der Waals surface area contributed by atoms with Crippen molar-refractivity contribution in [3.63, 3.8) is 0 Å². The lowest BCUT2D eigenvalue weighted by Crippen LogP contribution is -2.22. The van der Waals surface area contributed by atoms with Crippen LogP contribution in [0.5, 0.6) is 0 Å². The van der Waals surface area contributed by atoms with Gasteiger partial charge in [0.1, 0.15) is 0 Å². The van der Waals surface area contributed by atoms with Crippen LogP contribution in [0.2, 0.25) is 5.02 Å². The van der Waals surface area contributed by atoms with E-state index in [2.05, 4.69) is 15.6 Å². The summed E-state index contributed by atoms with van der Waals surface area (Å²) in [6.45, 7) is 3.57. The number of hydrogen-bond donors (Lipinski definition) is 2. The second kappa shape index (κ2) is 8.70. The maximum absolute atomic E-state index is 12.3. The number of anilines is 2. The molecule has 2 aromatic rings. The van der Waals surface area contributed by atoms with Crippen LogP contribution in [0.3, 0.4) is 0 Å². The number of carbonyl (C=O) groups is 2. The molecule has 0 aliphatic heterocycles. The lowest BCUT2D eigenvalue weighted by atomic mass is 10.2. The fraction of sp³-hybridized carbons (Fsp3) is 0.235. The van der Waals surface area contributed by atoms with E-state index in [0.29, 0.717) is 22.8 Å². The number of nitrogens with zero attached hydrogens (tertiary/aromatic N) is 1. The Morgan fingerprint density at radius 3 is 2.67 bits per heavy atom. The van der Waals surface area contributed by atoms with Gasteiger partial charge in [-0.2, -0.15) is 0 Å². The first-order valence-corrected chi connectivity index (χ1v) is 8.73. The summed E-state index contributed by atoms with van der Waals surface area (Å²) < 4.78 is 0. The van der Waals surface area contributed by atoms with Gasteiger partial charge in [0.15, 0.2) is 0 Å². The molecule has 1 aromatic carbocycles. The molecule has 7 heteroatoms. The van der Waals surface area contributed by atoms with Gasteiger partial charge in [0.2, 0.25) is 11.8 Å². The molecular weight excluding hydrogens is 346 g/mol. The number of nitrogens with one attached hydrogen (secondary N) is 2. The minimum absolute atomic E-state index is 0.117. The van der Waals surface area contributed by atoms with Crippen molar-refractivity contribution in [2.45, 2.75) is 30.5 Å². The van der Waals surface area contributed by atoms with Crippen molar-refractivity contribution in [1.82, 2.24) is 4.98 Å². The Morgan fingerprint density at radius 1 is 1.25 bits per heavy atom. The third-order valence-electron chi connectivity index (χ3n) is 3.14. The highest BCUT2D eigenvalue weighted by Gasteiger charge is 2.15. The lowest BCUT2D eigenvalue weighted by Gasteiger charge is -2.13. The third-order valence-corrected chi connectivity index (χ3v) is 4.50. The van der Waals surface area contributed by atoms with E-state index in [0.717, 1.165) is 5.03 Å². The smallest absolute Gasteiger partial charge is 0.237 e. The lowest BCUT2D eigenvalue weighted by molar-refractivity contribution is -0.116. The molecule has 1 aromatic heterocycles. The van der Waals surface area contributed by atoms with Gasteiger partial charge < -0.3 is 10.6 Å². The van der Waals surface area contributed by atoms with E-state index in [1.165, 1.54) is 11.8 Å². The molecule has 0 aliphatic carbocycles. The van der Waals surface area contributed by atoms with E-state index in [1.807, 2.05) is 25.1 Å². The predicted molar refractivity (Wildman–Crippen MR) is 98.6 cm³/mol. The minimum Gasteiger partial charge on any atom is -0.325 e. The standard InChI is InChI=1S/C17H18ClN3O2S/c1-3-15(22)21-14-8-7-12(10-13(14)18)20-17(23)11(2)24-16-6-4-5-9-19-16/h4-11H,3H2,1-2H3,(H,20,23)(H,21,22)/t11-/m1/s1. The van der Waals surface area contributed by atoms with Gasteiger partial charge in [-0.3, -0.25) is 9.59 Å². The van der Waals surface area contributed by atoms with Crippen LogP contribution >= 0.6 is 23.4 Å². The summed E-state index contributed by atoms with van der Waals surface area (Å²) in [5, 5.41) is 6.37. The second-order valence-electron chi connectivity index (χ2n) is 5.01. The highest BCUT2D eigenvalue weighted by molar-refractivity contribution is 8.00. The zero-order valence-electron chi connectivity index (χ0n) is 13.4. The Bertz CT molecular complexity index is 725. The molecule has 1 heterocycles. The first-order valence-electron chi connectivity index (χ1n) is 7.47. The molecule has 0 radical (unpaired) electrons. The number of thioether (sulfide) groups is 1. The number of carbonyl (C=O) groups excluding carboxylic acids is 2. The van der Waals surface area contributed by atoms with Crippen LogP contribution in [0.25, 0.3) is 0 Å². The Hall–Kier alpha value is -2.05. The molecule has 2 amide bonds. The Balaban J connectivity index is 1.98. The second-order valence-corrected chi connectivity index (χ2v) is 6.78. The van der Waals surface area contributed by atoms with E-state index in [-0.39, 0.29) is 17.1 Å². The summed E-state index contributed by atoms with van der Waals surface area (Å²) in [5.74, 6) is -0.263. The zero-order chi connectivity index (χ0) is 17.5. The number of pyridine rings is 1. The van der Waals surface area contributed by atoms with Crippen LogP contribution in [-0.2, 0) is 9.59 Å². The van der Waals surface area contributed by atoms with Gasteiger partial charge in [-0.15, -0.1) is 0 Å². The van der Waals surface area contributed by atoms with Crippen LogP contribution in [0, 0.1) is 0 Å². The van der Waals surface area contributed by atoms with Gasteiger partial charge in [0.05, 0.1) is 21.0 Å². The maximum Gasteiger partial charge on any atom is 0.237 e. The fourth-order valence-corrected chi connectivity index (χ4v) is 2.86. The molecule has 24 heavy (non-hydrogen) atoms. The summed E-state index contributed by atoms with van der Waals surface area (Å²) in [7, 11) is 0. The molecule has 2 N–H and O–H groups in total. The van der Waals surface area contributed by atoms with Crippen molar-refractivity contribution < 1.29 is 9.59 Å². The Kier molecular flexibility index (Phi) is 6.63. The van der Waals surface area contributed by atoms with Gasteiger partial charge in [-0.05, 0) is 37.3 Å². The molecule has 0 bridgehead atoms. The molecule has 5 nitrogen and oxygen atoms in total. The molecular formula is C17H18ClN3O2S. The van der Waals surface area contributed by atoms with Crippen molar-refractivity contribution in [1.29, 1.82) is 0 Å². The normalized spacial score (nSPS) is 11.6. The topological polar surface area (TPSA) is 71.1 Å². The van der Waals surface area contributed by atoms with Crippen molar-refractivity contribution >= 4 is 46.6 Å². The van der Waals surface area contributed by atoms with E-state index in [9.17, 15) is 9.59 Å². The van der Waals surface area contributed by atoms with Gasteiger partial charge in [-0.1, -0.05) is 36.4 Å². The molecule has 0 fully saturated rings. The molecule has 2 rings (SSSR count). The van der Waals surface area contributed by atoms with Crippen LogP contribution in [0.4, 0.5) is 11.4 Å². The van der Waals surface area contributed by atoms with Gasteiger partial charge >= 0.3 is 0 Å². The van der Waals surface area contributed by atoms with Crippen molar-refractivity contribution in [3.8, 4) is 0 Å². The molecule has 0 unspecified atom stereocenters. The van der Waals surface area contributed by atoms with Crippen LogP contribution < -0.4 is 10.6 Å². The van der Waals surface area contributed by atoms with Gasteiger partial charge in [0, 0.05) is 18.3 Å². The van der Waals surface area contributed by atoms with Crippen molar-refractivity contribution in [2.24, 2.45) is 0 Å². The molecule has 0 saturated heterocycles. The Morgan fingerprint density at radius 2 is 2.04 bits per heavy atom. The number of hydrogen-bond acceptors (Lipinski definition) is 4. The third kappa shape index (κ3) is 5.25. The van der Waals surface area contributed by atoms with Gasteiger partial charge in [0.25, 0.3) is 0 Å². The average Bonchev–Trinajstić information content (AvgIpc) is 2.58. The molecule has 0 aliphatic rings. The fourth-order valence-electron chi connectivity index (χ4n) is 1.83. The van der Waals surface area contributed by atoms with Gasteiger partial charge in [-0.25, -0.2) is 4.98 Å². The SMILES string of the molecule is CCC(=O)Nc1ccc(NC(=O)[C@@H](C)Sc2ccccn2)cc1Cl. The van der Waals surface area contributed by atoms with Crippen LogP contribution in [0.15, 0.2) is 47.6 Å². The summed E-state index contributed by atoms with van der Waals surface area (Å²) in [6, 6.07) is 10.5. The molecule has 0 spiro atoms. The van der Waals surface area contributed by atoms with Crippen molar-refractivity contribution in [2.75, 3.05) is 10.6 Å². The van der Waals surface area contributed by atoms with E-state index < -0.39 is 0 Å². The summed E-state index contributed by atoms with van der Waals surface area (Å²) in [6.07, 6.45) is 2.06. The highest BCUT2D eigenvalue weighted by Crippen LogP contribution is 2.27. The van der Waals surface area contributed by atoms with Crippen molar-refractivity contribution in [3.05, 3.63) is 47.6 Å². The quantitative estimate of drug-likeness (QED) is 0.754. The van der Waals surface area contributed by atoms with E-state index >= 15 is 0 Å². The first kappa shape index (κ1) is 18.3. The summed E-state index contributed by atoms with van der Waals surface area (Å²) in [5.41, 5.74) is 1.10. The average molecular weight is 364 g/mol. The Labute approximate surface area is 150 Å². The van der Waals surface area contributed by atoms with Crippen LogP contribution in [-0.4, -0.2) is 22.0 Å². The maximum atomic E-state index is 12.3. The number of rotatable bonds is 6. The molecule has 1 atom stereocenters.